The standard InChI is InChI=1S/C15H9ClO4S/c1-8-6-11-12(7-13(8)21(16,19)20)15(18)10-5-3-2-4-9(10)14(11)17/h2-7H,1H3. The van der Waals surface area contributed by atoms with Crippen molar-refractivity contribution in [1.82, 2.24) is 0 Å². The summed E-state index contributed by atoms with van der Waals surface area (Å²) < 4.78 is 23.1. The van der Waals surface area contributed by atoms with Crippen molar-refractivity contribution in [1.29, 1.82) is 0 Å². The van der Waals surface area contributed by atoms with Crippen molar-refractivity contribution in [3.63, 3.8) is 0 Å². The Bertz CT molecular complexity index is 913. The third-order valence-corrected chi connectivity index (χ3v) is 4.95. The molecule has 106 valence electrons. The highest BCUT2D eigenvalue weighted by molar-refractivity contribution is 8.13. The van der Waals surface area contributed by atoms with Crippen LogP contribution in [0.4, 0.5) is 0 Å². The van der Waals surface area contributed by atoms with Gasteiger partial charge in [0.1, 0.15) is 0 Å². The van der Waals surface area contributed by atoms with Gasteiger partial charge in [-0.3, -0.25) is 9.59 Å². The van der Waals surface area contributed by atoms with Gasteiger partial charge in [-0.05, 0) is 24.6 Å². The Morgan fingerprint density at radius 2 is 1.33 bits per heavy atom. The van der Waals surface area contributed by atoms with Crippen LogP contribution in [0.3, 0.4) is 0 Å². The van der Waals surface area contributed by atoms with Gasteiger partial charge in [0.15, 0.2) is 11.6 Å². The van der Waals surface area contributed by atoms with Gasteiger partial charge in [-0.15, -0.1) is 0 Å². The van der Waals surface area contributed by atoms with Crippen LogP contribution in [0, 0.1) is 6.92 Å². The van der Waals surface area contributed by atoms with Crippen molar-refractivity contribution in [2.24, 2.45) is 0 Å². The molecule has 2 aromatic rings. The fourth-order valence-electron chi connectivity index (χ4n) is 2.50. The normalized spacial score (nSPS) is 13.8. The van der Waals surface area contributed by atoms with Crippen LogP contribution in [0.1, 0.15) is 37.4 Å². The lowest BCUT2D eigenvalue weighted by molar-refractivity contribution is 0.0979. The maximum Gasteiger partial charge on any atom is 0.261 e. The molecule has 0 radical (unpaired) electrons. The van der Waals surface area contributed by atoms with Crippen LogP contribution in [0.2, 0.25) is 0 Å². The van der Waals surface area contributed by atoms with Crippen molar-refractivity contribution >= 4 is 31.3 Å². The minimum atomic E-state index is -3.98. The summed E-state index contributed by atoms with van der Waals surface area (Å²) in [5, 5.41) is 0. The summed E-state index contributed by atoms with van der Waals surface area (Å²) in [7, 11) is 1.39. The Balaban J connectivity index is 2.34. The number of carbonyl (C=O) groups excluding carboxylic acids is 2. The highest BCUT2D eigenvalue weighted by Crippen LogP contribution is 2.31. The Morgan fingerprint density at radius 3 is 1.81 bits per heavy atom. The van der Waals surface area contributed by atoms with E-state index in [0.29, 0.717) is 11.1 Å². The molecular weight excluding hydrogens is 312 g/mol. The van der Waals surface area contributed by atoms with Crippen LogP contribution in [0.15, 0.2) is 41.3 Å². The summed E-state index contributed by atoms with van der Waals surface area (Å²) in [5.74, 6) is -0.663. The quantitative estimate of drug-likeness (QED) is 0.646. The molecule has 0 fully saturated rings. The summed E-state index contributed by atoms with van der Waals surface area (Å²) in [6.07, 6.45) is 0. The van der Waals surface area contributed by atoms with Gasteiger partial charge in [0, 0.05) is 32.9 Å². The molecule has 0 saturated heterocycles. The molecule has 0 aromatic heterocycles. The zero-order chi connectivity index (χ0) is 15.4. The molecule has 3 rings (SSSR count). The van der Waals surface area contributed by atoms with Gasteiger partial charge < -0.3 is 0 Å². The Hall–Kier alpha value is -1.98. The number of halogens is 1. The number of fused-ring (bicyclic) bond motifs is 2. The number of rotatable bonds is 1. The van der Waals surface area contributed by atoms with Crippen LogP contribution in [0.5, 0.6) is 0 Å². The predicted octanol–water partition coefficient (Wildman–Crippen LogP) is 2.70. The van der Waals surface area contributed by atoms with E-state index in [2.05, 4.69) is 0 Å². The molecule has 0 atom stereocenters. The molecule has 0 saturated carbocycles. The van der Waals surface area contributed by atoms with E-state index in [1.165, 1.54) is 19.1 Å². The SMILES string of the molecule is Cc1cc2c(cc1S(=O)(=O)Cl)C(=O)c1ccccc1C2=O. The second-order valence-corrected chi connectivity index (χ2v) is 7.34. The lowest BCUT2D eigenvalue weighted by Gasteiger charge is -2.18. The van der Waals surface area contributed by atoms with Gasteiger partial charge >= 0.3 is 0 Å². The monoisotopic (exact) mass is 320 g/mol. The van der Waals surface area contributed by atoms with Crippen molar-refractivity contribution in [3.05, 3.63) is 64.2 Å². The minimum Gasteiger partial charge on any atom is -0.289 e. The topological polar surface area (TPSA) is 68.3 Å². The van der Waals surface area contributed by atoms with Crippen LogP contribution >= 0.6 is 10.7 Å². The van der Waals surface area contributed by atoms with E-state index in [-0.39, 0.29) is 33.2 Å². The highest BCUT2D eigenvalue weighted by atomic mass is 35.7. The molecule has 0 bridgehead atoms. The zero-order valence-corrected chi connectivity index (χ0v) is 12.5. The third-order valence-electron chi connectivity index (χ3n) is 3.48. The lowest BCUT2D eigenvalue weighted by atomic mass is 9.83. The van der Waals surface area contributed by atoms with E-state index in [1.807, 2.05) is 0 Å². The maximum absolute atomic E-state index is 12.5. The van der Waals surface area contributed by atoms with Crippen LogP contribution in [-0.2, 0) is 9.05 Å². The van der Waals surface area contributed by atoms with Gasteiger partial charge in [-0.25, -0.2) is 8.42 Å². The lowest BCUT2D eigenvalue weighted by Crippen LogP contribution is -2.21. The van der Waals surface area contributed by atoms with Crippen molar-refractivity contribution in [3.8, 4) is 0 Å². The Morgan fingerprint density at radius 1 is 0.857 bits per heavy atom. The molecule has 2 aromatic carbocycles. The number of carbonyl (C=O) groups is 2. The maximum atomic E-state index is 12.5. The van der Waals surface area contributed by atoms with E-state index in [4.69, 9.17) is 10.7 Å². The molecule has 1 aliphatic rings. The number of hydrogen-bond acceptors (Lipinski definition) is 4. The van der Waals surface area contributed by atoms with Crippen molar-refractivity contribution in [2.45, 2.75) is 11.8 Å². The van der Waals surface area contributed by atoms with Crippen LogP contribution < -0.4 is 0 Å². The fraction of sp³-hybridized carbons (Fsp3) is 0.0667. The number of hydrogen-bond donors (Lipinski definition) is 0. The summed E-state index contributed by atoms with van der Waals surface area (Å²) >= 11 is 0. The van der Waals surface area contributed by atoms with E-state index >= 15 is 0 Å². The average molecular weight is 321 g/mol. The molecule has 0 unspecified atom stereocenters. The van der Waals surface area contributed by atoms with Crippen molar-refractivity contribution in [2.75, 3.05) is 0 Å². The van der Waals surface area contributed by atoms with Gasteiger partial charge in [0.05, 0.1) is 4.90 Å². The molecule has 0 heterocycles. The van der Waals surface area contributed by atoms with Gasteiger partial charge in [0.25, 0.3) is 9.05 Å². The van der Waals surface area contributed by atoms with Crippen LogP contribution in [0.25, 0.3) is 0 Å². The van der Waals surface area contributed by atoms with E-state index in [1.54, 1.807) is 24.3 Å². The molecule has 0 amide bonds. The average Bonchev–Trinajstić information content (AvgIpc) is 2.43. The Kier molecular flexibility index (Phi) is 3.00. The first-order valence-electron chi connectivity index (χ1n) is 6.08. The first-order valence-corrected chi connectivity index (χ1v) is 8.39. The summed E-state index contributed by atoms with van der Waals surface area (Å²) in [6, 6.07) is 9.05. The van der Waals surface area contributed by atoms with E-state index in [9.17, 15) is 18.0 Å². The largest absolute Gasteiger partial charge is 0.289 e. The van der Waals surface area contributed by atoms with E-state index < -0.39 is 9.05 Å². The molecule has 0 spiro atoms. The van der Waals surface area contributed by atoms with Crippen molar-refractivity contribution < 1.29 is 18.0 Å². The molecule has 4 nitrogen and oxygen atoms in total. The zero-order valence-electron chi connectivity index (χ0n) is 10.9. The number of benzene rings is 2. The summed E-state index contributed by atoms with van der Waals surface area (Å²) in [5.41, 5.74) is 1.22. The Labute approximate surface area is 125 Å². The molecular formula is C15H9ClO4S. The first-order chi connectivity index (χ1) is 9.80. The fourth-order valence-corrected chi connectivity index (χ4v) is 3.70. The molecule has 1 aliphatic carbocycles. The smallest absolute Gasteiger partial charge is 0.261 e. The predicted molar refractivity (Wildman–Crippen MR) is 77.5 cm³/mol. The summed E-state index contributed by atoms with van der Waals surface area (Å²) in [6.45, 7) is 1.54. The highest BCUT2D eigenvalue weighted by Gasteiger charge is 2.31. The molecule has 21 heavy (non-hydrogen) atoms. The summed E-state index contributed by atoms with van der Waals surface area (Å²) in [4.78, 5) is 24.7. The minimum absolute atomic E-state index is 0.0727. The molecule has 6 heteroatoms. The second-order valence-electron chi connectivity index (χ2n) is 4.80. The van der Waals surface area contributed by atoms with Gasteiger partial charge in [0.2, 0.25) is 0 Å². The van der Waals surface area contributed by atoms with E-state index in [0.717, 1.165) is 0 Å². The number of ketones is 2. The molecule has 0 aliphatic heterocycles. The van der Waals surface area contributed by atoms with Gasteiger partial charge in [-0.1, -0.05) is 24.3 Å². The third kappa shape index (κ3) is 2.09. The first kappa shape index (κ1) is 14.0. The number of aryl methyl sites for hydroxylation is 1. The van der Waals surface area contributed by atoms with Crippen LogP contribution in [-0.4, -0.2) is 20.0 Å². The van der Waals surface area contributed by atoms with Gasteiger partial charge in [-0.2, -0.15) is 0 Å². The molecule has 0 N–H and O–H groups in total. The second kappa shape index (κ2) is 4.51.